The van der Waals surface area contributed by atoms with Gasteiger partial charge in [-0.1, -0.05) is 23.2 Å². The molecule has 0 saturated heterocycles. The molecule has 8 heavy (non-hydrogen) atoms. The fourth-order valence-corrected chi connectivity index (χ4v) is 0.548. The fourth-order valence-electron chi connectivity index (χ4n) is 0.192. The zero-order chi connectivity index (χ0) is 6.78. The summed E-state index contributed by atoms with van der Waals surface area (Å²) in [4.78, 5) is 0. The van der Waals surface area contributed by atoms with Crippen LogP contribution in [0.5, 0.6) is 0 Å². The third kappa shape index (κ3) is 6.18. The first-order chi connectivity index (χ1) is 3.42. The van der Waals surface area contributed by atoms with Gasteiger partial charge in [0.05, 0.1) is 0 Å². The highest BCUT2D eigenvalue weighted by molar-refractivity contribution is 6.30. The summed E-state index contributed by atoms with van der Waals surface area (Å²) in [5.41, 5.74) is 0. The molecule has 1 unspecified atom stereocenters. The first-order valence-corrected chi connectivity index (χ1v) is 2.59. The Balaban J connectivity index is 3.89. The summed E-state index contributed by atoms with van der Waals surface area (Å²) in [6.07, 6.45) is 0.468. The number of hydrogen-bond donors (Lipinski definition) is 0. The third-order valence-corrected chi connectivity index (χ3v) is 0.581. The zero-order valence-corrected chi connectivity index (χ0v) is 5.60. The van der Waals surface area contributed by atoms with Crippen LogP contribution in [0, 0.1) is 0 Å². The van der Waals surface area contributed by atoms with Crippen LogP contribution in [0.15, 0.2) is 11.4 Å². The van der Waals surface area contributed by atoms with Gasteiger partial charge in [0.15, 0.2) is 5.29 Å². The van der Waals surface area contributed by atoms with Crippen molar-refractivity contribution < 1.29 is 8.78 Å². The monoisotopic (exact) mass is 160 g/mol. The molecule has 0 aliphatic carbocycles. The van der Waals surface area contributed by atoms with Gasteiger partial charge in [0.2, 0.25) is 5.13 Å². The lowest BCUT2D eigenvalue weighted by molar-refractivity contribution is 0.372. The molecule has 0 aliphatic rings. The second-order valence-corrected chi connectivity index (χ2v) is 2.49. The van der Waals surface area contributed by atoms with Crippen molar-refractivity contribution in [3.05, 3.63) is 11.4 Å². The Labute approximate surface area is 56.1 Å². The second-order valence-electron chi connectivity index (χ2n) is 1.39. The van der Waals surface area contributed by atoms with Crippen LogP contribution in [0.1, 0.15) is 6.92 Å². The molecule has 1 atom stereocenters. The molecule has 4 heteroatoms. The van der Waals surface area contributed by atoms with E-state index in [4.69, 9.17) is 11.6 Å². The molecule has 0 N–H and O–H groups in total. The lowest BCUT2D eigenvalue weighted by Crippen LogP contribution is -2.01. The lowest BCUT2D eigenvalue weighted by Gasteiger charge is -2.01. The number of halogens is 4. The normalized spacial score (nSPS) is 20.4. The van der Waals surface area contributed by atoms with Crippen LogP contribution >= 0.6 is 23.2 Å². The van der Waals surface area contributed by atoms with Crippen LogP contribution in [0.2, 0.25) is 0 Å². The minimum absolute atomic E-state index is 0.468. The van der Waals surface area contributed by atoms with E-state index < -0.39 is 10.4 Å². The van der Waals surface area contributed by atoms with Crippen molar-refractivity contribution in [2.45, 2.75) is 12.1 Å². The van der Waals surface area contributed by atoms with Gasteiger partial charge in [-0.3, -0.25) is 0 Å². The summed E-state index contributed by atoms with van der Waals surface area (Å²) in [7, 11) is 0. The zero-order valence-electron chi connectivity index (χ0n) is 4.09. The maximum absolute atomic E-state index is 12.0. The lowest BCUT2D eigenvalue weighted by atomic mass is 10.4. The molecule has 0 aromatic carbocycles. The molecule has 0 heterocycles. The van der Waals surface area contributed by atoms with Crippen molar-refractivity contribution in [3.63, 3.8) is 0 Å². The average molecular weight is 161 g/mol. The number of allylic oxidation sites excluding steroid dienone is 1. The standard InChI is InChI=1S/C4H4Cl2F2/c1-4(6,8)2-3(5)7/h2H,1H3. The highest BCUT2D eigenvalue weighted by Crippen LogP contribution is 2.20. The quantitative estimate of drug-likeness (QED) is 0.518. The Hall–Kier alpha value is 0.180. The predicted octanol–water partition coefficient (Wildman–Crippen LogP) is 2.96. The van der Waals surface area contributed by atoms with E-state index in [1.807, 2.05) is 0 Å². The molecule has 0 aromatic heterocycles. The van der Waals surface area contributed by atoms with E-state index in [1.54, 1.807) is 0 Å². The highest BCUT2D eigenvalue weighted by Gasteiger charge is 2.15. The molecular formula is C4H4Cl2F2. The summed E-state index contributed by atoms with van der Waals surface area (Å²) in [5.74, 6) is 0. The van der Waals surface area contributed by atoms with Gasteiger partial charge in [0.25, 0.3) is 0 Å². The van der Waals surface area contributed by atoms with Crippen LogP contribution in [0.25, 0.3) is 0 Å². The van der Waals surface area contributed by atoms with E-state index in [-0.39, 0.29) is 0 Å². The molecule has 48 valence electrons. The largest absolute Gasteiger partial charge is 0.222 e. The van der Waals surface area contributed by atoms with Crippen molar-refractivity contribution in [1.82, 2.24) is 0 Å². The van der Waals surface area contributed by atoms with E-state index in [1.165, 1.54) is 0 Å². The molecule has 0 aromatic rings. The molecule has 0 fully saturated rings. The molecule has 0 rings (SSSR count). The maximum atomic E-state index is 12.0. The van der Waals surface area contributed by atoms with Crippen LogP contribution in [0.4, 0.5) is 8.78 Å². The van der Waals surface area contributed by atoms with E-state index in [2.05, 4.69) is 11.6 Å². The first kappa shape index (κ1) is 8.18. The van der Waals surface area contributed by atoms with Crippen molar-refractivity contribution in [3.8, 4) is 0 Å². The van der Waals surface area contributed by atoms with Gasteiger partial charge in [0, 0.05) is 6.08 Å². The molecular weight excluding hydrogens is 157 g/mol. The van der Waals surface area contributed by atoms with Gasteiger partial charge in [-0.15, -0.1) is 0 Å². The minimum Gasteiger partial charge on any atom is -0.222 e. The van der Waals surface area contributed by atoms with Gasteiger partial charge >= 0.3 is 0 Å². The second kappa shape index (κ2) is 2.65. The molecule has 0 bridgehead atoms. The van der Waals surface area contributed by atoms with E-state index in [0.717, 1.165) is 6.92 Å². The Morgan fingerprint density at radius 2 is 2.12 bits per heavy atom. The minimum atomic E-state index is -2.17. The number of rotatable bonds is 1. The van der Waals surface area contributed by atoms with Gasteiger partial charge < -0.3 is 0 Å². The SMILES string of the molecule is CC(F)(Cl)C=C(F)Cl. The molecule has 0 amide bonds. The van der Waals surface area contributed by atoms with E-state index in [9.17, 15) is 8.78 Å². The molecule has 0 aliphatic heterocycles. The van der Waals surface area contributed by atoms with Gasteiger partial charge in [0.1, 0.15) is 0 Å². The van der Waals surface area contributed by atoms with Crippen molar-refractivity contribution >= 4 is 23.2 Å². The summed E-state index contributed by atoms with van der Waals surface area (Å²) in [6.45, 7) is 0.983. The number of alkyl halides is 2. The Bertz CT molecular complexity index is 99.1. The molecule has 0 saturated carbocycles. The van der Waals surface area contributed by atoms with Gasteiger partial charge in [-0.05, 0) is 6.92 Å². The Kier molecular flexibility index (Phi) is 2.71. The van der Waals surface area contributed by atoms with Crippen molar-refractivity contribution in [2.24, 2.45) is 0 Å². The van der Waals surface area contributed by atoms with Crippen LogP contribution in [0.3, 0.4) is 0 Å². The summed E-state index contributed by atoms with van der Waals surface area (Å²) in [6, 6.07) is 0. The smallest absolute Gasteiger partial charge is 0.203 e. The van der Waals surface area contributed by atoms with E-state index in [0.29, 0.717) is 6.08 Å². The third-order valence-electron chi connectivity index (χ3n) is 0.363. The van der Waals surface area contributed by atoms with Gasteiger partial charge in [-0.25, -0.2) is 4.39 Å². The molecule has 0 nitrogen and oxygen atoms in total. The van der Waals surface area contributed by atoms with Crippen molar-refractivity contribution in [1.29, 1.82) is 0 Å². The average Bonchev–Trinajstić information content (AvgIpc) is 1.21. The maximum Gasteiger partial charge on any atom is 0.203 e. The summed E-state index contributed by atoms with van der Waals surface area (Å²) < 4.78 is 23.5. The molecule has 0 radical (unpaired) electrons. The topological polar surface area (TPSA) is 0 Å². The van der Waals surface area contributed by atoms with E-state index >= 15 is 0 Å². The highest BCUT2D eigenvalue weighted by atomic mass is 35.5. The first-order valence-electron chi connectivity index (χ1n) is 1.83. The Morgan fingerprint density at radius 1 is 1.75 bits per heavy atom. The van der Waals surface area contributed by atoms with Gasteiger partial charge in [-0.2, -0.15) is 4.39 Å². The summed E-state index contributed by atoms with van der Waals surface area (Å²) in [5, 5.41) is -3.31. The van der Waals surface area contributed by atoms with Crippen LogP contribution in [-0.2, 0) is 0 Å². The predicted molar refractivity (Wildman–Crippen MR) is 30.4 cm³/mol. The van der Waals surface area contributed by atoms with Crippen molar-refractivity contribution in [2.75, 3.05) is 0 Å². The summed E-state index contributed by atoms with van der Waals surface area (Å²) >= 11 is 9.49. The fraction of sp³-hybridized carbons (Fsp3) is 0.500. The number of hydrogen-bond acceptors (Lipinski definition) is 0. The Morgan fingerprint density at radius 3 is 2.12 bits per heavy atom. The molecule has 0 spiro atoms. The van der Waals surface area contributed by atoms with Crippen LogP contribution in [-0.4, -0.2) is 5.13 Å². The van der Waals surface area contributed by atoms with Crippen LogP contribution < -0.4 is 0 Å².